The Balaban J connectivity index is 1.92. The third kappa shape index (κ3) is 4.42. The molecule has 0 radical (unpaired) electrons. The number of Topliss-reactive ketones (excluding diaryl/α,β-unsaturated/α-hetero) is 1. The van der Waals surface area contributed by atoms with Gasteiger partial charge in [0, 0.05) is 18.1 Å². The number of hydrogen-bond donors (Lipinski definition) is 0. The first-order valence-corrected chi connectivity index (χ1v) is 14.5. The van der Waals surface area contributed by atoms with Gasteiger partial charge in [0.1, 0.15) is 11.5 Å². The van der Waals surface area contributed by atoms with Crippen LogP contribution < -0.4 is 10.4 Å². The van der Waals surface area contributed by atoms with Crippen LogP contribution in [0, 0.1) is 0 Å². The summed E-state index contributed by atoms with van der Waals surface area (Å²) in [5, 5.41) is 2.05. The standard InChI is InChI=1S/C31H36O4Si/c1-6-8-15-21-31-28(33-23-34-31)22-27(26(16-7-2)29(31)32)35-36(30(3,4)5,24-17-11-9-12-18-24)25-19-13-10-14-20-25/h7-15,17-20,22H,2,6,16,21,23H2,1,3-5H3/b15-8+/t31-/m0/s1. The smallest absolute Gasteiger partial charge is 0.319 e. The molecular weight excluding hydrogens is 464 g/mol. The summed E-state index contributed by atoms with van der Waals surface area (Å²) in [6.07, 6.45) is 9.41. The van der Waals surface area contributed by atoms with E-state index in [-0.39, 0.29) is 17.6 Å². The summed E-state index contributed by atoms with van der Waals surface area (Å²) in [5.74, 6) is 0.977. The predicted molar refractivity (Wildman–Crippen MR) is 147 cm³/mol. The fourth-order valence-corrected chi connectivity index (χ4v) is 9.63. The zero-order valence-electron chi connectivity index (χ0n) is 21.8. The van der Waals surface area contributed by atoms with Gasteiger partial charge in [0.25, 0.3) is 0 Å². The molecule has 0 bridgehead atoms. The van der Waals surface area contributed by atoms with Crippen molar-refractivity contribution in [3.8, 4) is 0 Å². The van der Waals surface area contributed by atoms with Crippen molar-refractivity contribution >= 4 is 24.5 Å². The summed E-state index contributed by atoms with van der Waals surface area (Å²) in [4.78, 5) is 14.1. The van der Waals surface area contributed by atoms with Gasteiger partial charge < -0.3 is 13.9 Å². The van der Waals surface area contributed by atoms with Gasteiger partial charge >= 0.3 is 8.32 Å². The normalized spacial score (nSPS) is 20.2. The summed E-state index contributed by atoms with van der Waals surface area (Å²) in [5.41, 5.74) is -0.556. The summed E-state index contributed by atoms with van der Waals surface area (Å²) in [6.45, 7) is 12.7. The Morgan fingerprint density at radius 1 is 1.03 bits per heavy atom. The Hall–Kier alpha value is -3.15. The minimum absolute atomic E-state index is 0.0470. The van der Waals surface area contributed by atoms with Crippen LogP contribution in [-0.4, -0.2) is 26.5 Å². The number of hydrogen-bond acceptors (Lipinski definition) is 4. The van der Waals surface area contributed by atoms with Crippen LogP contribution >= 0.6 is 0 Å². The fraction of sp³-hybridized carbons (Fsp3) is 0.323. The molecule has 0 amide bonds. The van der Waals surface area contributed by atoms with Gasteiger partial charge in [-0.05, 0) is 28.3 Å². The molecule has 5 heteroatoms. The lowest BCUT2D eigenvalue weighted by Crippen LogP contribution is -2.66. The van der Waals surface area contributed by atoms with E-state index in [9.17, 15) is 4.79 Å². The van der Waals surface area contributed by atoms with Crippen molar-refractivity contribution in [2.45, 2.75) is 57.6 Å². The van der Waals surface area contributed by atoms with Gasteiger partial charge in [0.15, 0.2) is 12.4 Å². The van der Waals surface area contributed by atoms with Crippen LogP contribution in [0.2, 0.25) is 5.04 Å². The molecule has 1 fully saturated rings. The van der Waals surface area contributed by atoms with Crippen molar-refractivity contribution in [1.82, 2.24) is 0 Å². The highest BCUT2D eigenvalue weighted by molar-refractivity contribution is 6.99. The molecule has 1 aliphatic carbocycles. The lowest BCUT2D eigenvalue weighted by atomic mass is 9.82. The molecule has 4 nitrogen and oxygen atoms in total. The first-order chi connectivity index (χ1) is 17.3. The van der Waals surface area contributed by atoms with Crippen molar-refractivity contribution < 1.29 is 18.7 Å². The van der Waals surface area contributed by atoms with E-state index in [0.29, 0.717) is 29.9 Å². The first-order valence-electron chi connectivity index (χ1n) is 12.6. The zero-order valence-corrected chi connectivity index (χ0v) is 22.8. The maximum Gasteiger partial charge on any atom is 0.319 e. The van der Waals surface area contributed by atoms with Crippen LogP contribution in [0.1, 0.15) is 47.0 Å². The number of carbonyl (C=O) groups is 1. The van der Waals surface area contributed by atoms with Gasteiger partial charge in [-0.25, -0.2) is 0 Å². The van der Waals surface area contributed by atoms with Crippen LogP contribution in [0.3, 0.4) is 0 Å². The summed E-state index contributed by atoms with van der Waals surface area (Å²) in [6, 6.07) is 20.8. The van der Waals surface area contributed by atoms with E-state index < -0.39 is 13.9 Å². The molecule has 2 aromatic carbocycles. The largest absolute Gasteiger partial charge is 0.534 e. The van der Waals surface area contributed by atoms with E-state index in [1.807, 2.05) is 30.4 Å². The molecule has 36 heavy (non-hydrogen) atoms. The number of benzene rings is 2. The highest BCUT2D eigenvalue weighted by Gasteiger charge is 2.56. The van der Waals surface area contributed by atoms with Crippen molar-refractivity contribution in [1.29, 1.82) is 0 Å². The van der Waals surface area contributed by atoms with Crippen molar-refractivity contribution in [2.75, 3.05) is 6.79 Å². The lowest BCUT2D eigenvalue weighted by molar-refractivity contribution is -0.132. The van der Waals surface area contributed by atoms with Gasteiger partial charge in [-0.3, -0.25) is 4.79 Å². The minimum Gasteiger partial charge on any atom is -0.534 e. The van der Waals surface area contributed by atoms with Crippen LogP contribution in [0.25, 0.3) is 0 Å². The molecule has 0 saturated carbocycles. The van der Waals surface area contributed by atoms with Gasteiger partial charge in [-0.1, -0.05) is 107 Å². The Labute approximate surface area is 216 Å². The molecule has 0 unspecified atom stereocenters. The molecule has 1 atom stereocenters. The third-order valence-electron chi connectivity index (χ3n) is 6.95. The summed E-state index contributed by atoms with van der Waals surface area (Å²) < 4.78 is 19.1. The second kappa shape index (κ2) is 10.5. The number of allylic oxidation sites excluding steroid dienone is 3. The van der Waals surface area contributed by atoms with Crippen molar-refractivity contribution in [3.05, 3.63) is 109 Å². The van der Waals surface area contributed by atoms with E-state index in [4.69, 9.17) is 13.9 Å². The van der Waals surface area contributed by atoms with Crippen molar-refractivity contribution in [2.24, 2.45) is 0 Å². The first kappa shape index (κ1) is 25.9. The predicted octanol–water partition coefficient (Wildman–Crippen LogP) is 5.96. The average molecular weight is 501 g/mol. The number of ketones is 1. The molecule has 4 rings (SSSR count). The highest BCUT2D eigenvalue weighted by atomic mass is 28.4. The van der Waals surface area contributed by atoms with E-state index in [0.717, 1.165) is 16.8 Å². The molecule has 0 spiro atoms. The van der Waals surface area contributed by atoms with Gasteiger partial charge in [0.2, 0.25) is 5.78 Å². The van der Waals surface area contributed by atoms with Crippen LogP contribution in [0.15, 0.2) is 109 Å². The molecule has 2 aromatic rings. The second-order valence-corrected chi connectivity index (χ2v) is 14.5. The molecule has 0 aromatic heterocycles. The Morgan fingerprint density at radius 3 is 2.17 bits per heavy atom. The molecular formula is C31H36O4Si. The van der Waals surface area contributed by atoms with Gasteiger partial charge in [-0.15, -0.1) is 6.58 Å². The van der Waals surface area contributed by atoms with Gasteiger partial charge in [0.05, 0.1) is 0 Å². The zero-order chi connectivity index (χ0) is 25.8. The third-order valence-corrected chi connectivity index (χ3v) is 11.9. The van der Waals surface area contributed by atoms with E-state index in [1.165, 1.54) is 0 Å². The number of rotatable bonds is 9. The average Bonchev–Trinajstić information content (AvgIpc) is 3.29. The molecule has 188 valence electrons. The topological polar surface area (TPSA) is 44.8 Å². The number of carbonyl (C=O) groups excluding carboxylic acids is 1. The Bertz CT molecular complexity index is 1150. The quantitative estimate of drug-likeness (QED) is 0.315. The Morgan fingerprint density at radius 2 is 1.64 bits per heavy atom. The van der Waals surface area contributed by atoms with E-state index >= 15 is 0 Å². The highest BCUT2D eigenvalue weighted by Crippen LogP contribution is 2.45. The second-order valence-electron chi connectivity index (χ2n) is 10.3. The van der Waals surface area contributed by atoms with Crippen LogP contribution in [0.4, 0.5) is 0 Å². The molecule has 2 aliphatic rings. The van der Waals surface area contributed by atoms with Crippen molar-refractivity contribution in [3.63, 3.8) is 0 Å². The molecule has 1 aliphatic heterocycles. The maximum absolute atomic E-state index is 14.1. The molecule has 1 heterocycles. The Kier molecular flexibility index (Phi) is 7.53. The summed E-state index contributed by atoms with van der Waals surface area (Å²) >= 11 is 0. The monoisotopic (exact) mass is 500 g/mol. The maximum atomic E-state index is 14.1. The lowest BCUT2D eigenvalue weighted by Gasteiger charge is -2.44. The van der Waals surface area contributed by atoms with Crippen LogP contribution in [0.5, 0.6) is 0 Å². The van der Waals surface area contributed by atoms with Crippen LogP contribution in [-0.2, 0) is 18.7 Å². The number of ether oxygens (including phenoxy) is 2. The SMILES string of the molecule is C=CCC1=C(O[Si](c2ccccc2)(c2ccccc2)C(C)(C)C)C=C2OCO[C@]2(C/C=C/CC)C1=O. The molecule has 0 N–H and O–H groups in total. The summed E-state index contributed by atoms with van der Waals surface area (Å²) in [7, 11) is -2.94. The van der Waals surface area contributed by atoms with E-state index in [2.05, 4.69) is 82.8 Å². The van der Waals surface area contributed by atoms with Gasteiger partial charge in [-0.2, -0.15) is 0 Å². The minimum atomic E-state index is -2.94. The fourth-order valence-electron chi connectivity index (χ4n) is 5.19. The molecule has 1 saturated heterocycles. The van der Waals surface area contributed by atoms with E-state index in [1.54, 1.807) is 6.08 Å². The number of fused-ring (bicyclic) bond motifs is 1.